The van der Waals surface area contributed by atoms with E-state index in [0.717, 1.165) is 11.4 Å². The summed E-state index contributed by atoms with van der Waals surface area (Å²) in [6.45, 7) is 0. The first kappa shape index (κ1) is 7.78. The number of nitrogens with one attached hydrogen (secondary N) is 1. The molecule has 1 aliphatic rings. The lowest BCUT2D eigenvalue weighted by Crippen LogP contribution is -1.96. The monoisotopic (exact) mass is 168 g/mol. The SMILES string of the molecule is [C+]1=CC(Nc2ccccc2)=CC=C1. The molecule has 0 amide bonds. The molecule has 1 aromatic rings. The number of allylic oxidation sites excluding steroid dienone is 5. The molecule has 1 aromatic carbocycles. The first-order valence-electron chi connectivity index (χ1n) is 4.23. The summed E-state index contributed by atoms with van der Waals surface area (Å²) in [5, 5.41) is 3.27. The molecule has 0 fully saturated rings. The van der Waals surface area contributed by atoms with Crippen LogP contribution in [0.15, 0.2) is 60.3 Å². The van der Waals surface area contributed by atoms with Gasteiger partial charge >= 0.3 is 0 Å². The maximum atomic E-state index is 3.27. The molecule has 62 valence electrons. The summed E-state index contributed by atoms with van der Waals surface area (Å²) in [7, 11) is 0. The largest absolute Gasteiger partial charge is 0.302 e. The molecule has 1 nitrogen and oxygen atoms in total. The Bertz CT molecular complexity index is 358. The van der Waals surface area contributed by atoms with Crippen LogP contribution in [0.2, 0.25) is 0 Å². The van der Waals surface area contributed by atoms with Crippen molar-refractivity contribution in [2.75, 3.05) is 5.32 Å². The van der Waals surface area contributed by atoms with Crippen LogP contribution >= 0.6 is 0 Å². The highest BCUT2D eigenvalue weighted by Crippen LogP contribution is 2.11. The van der Waals surface area contributed by atoms with Crippen molar-refractivity contribution in [1.82, 2.24) is 0 Å². The predicted molar refractivity (Wildman–Crippen MR) is 55.1 cm³/mol. The van der Waals surface area contributed by atoms with Crippen LogP contribution in [0, 0.1) is 6.08 Å². The number of benzene rings is 1. The van der Waals surface area contributed by atoms with Crippen LogP contribution in [0.25, 0.3) is 0 Å². The van der Waals surface area contributed by atoms with Crippen molar-refractivity contribution in [2.45, 2.75) is 0 Å². The molecule has 0 spiro atoms. The smallest absolute Gasteiger partial charge is 0.151 e. The Balaban J connectivity index is 2.11. The Morgan fingerprint density at radius 2 is 1.92 bits per heavy atom. The van der Waals surface area contributed by atoms with E-state index in [0.29, 0.717) is 0 Å². The molecule has 1 N–H and O–H groups in total. The number of hydrogen-bond donors (Lipinski definition) is 1. The summed E-state index contributed by atoms with van der Waals surface area (Å²) in [5.74, 6) is 0. The zero-order valence-corrected chi connectivity index (χ0v) is 7.20. The fourth-order valence-electron chi connectivity index (χ4n) is 1.16. The van der Waals surface area contributed by atoms with Crippen molar-refractivity contribution in [2.24, 2.45) is 0 Å². The highest BCUT2D eigenvalue weighted by Gasteiger charge is 2.01. The van der Waals surface area contributed by atoms with Gasteiger partial charge < -0.3 is 5.32 Å². The molecule has 1 heteroatoms. The van der Waals surface area contributed by atoms with E-state index in [1.165, 1.54) is 0 Å². The topological polar surface area (TPSA) is 12.0 Å². The number of anilines is 1. The van der Waals surface area contributed by atoms with Crippen LogP contribution in [0.5, 0.6) is 0 Å². The van der Waals surface area contributed by atoms with E-state index in [-0.39, 0.29) is 0 Å². The fourth-order valence-corrected chi connectivity index (χ4v) is 1.16. The molecule has 2 rings (SSSR count). The van der Waals surface area contributed by atoms with Crippen molar-refractivity contribution >= 4 is 5.69 Å². The summed E-state index contributed by atoms with van der Waals surface area (Å²) in [6.07, 6.45) is 10.8. The Kier molecular flexibility index (Phi) is 2.22. The van der Waals surface area contributed by atoms with Gasteiger partial charge in [-0.3, -0.25) is 0 Å². The molecule has 0 aliphatic heterocycles. The Labute approximate surface area is 78.1 Å². The Hall–Kier alpha value is -1.85. The van der Waals surface area contributed by atoms with Crippen LogP contribution in [0.4, 0.5) is 5.69 Å². The van der Waals surface area contributed by atoms with Crippen LogP contribution in [0.3, 0.4) is 0 Å². The summed E-state index contributed by atoms with van der Waals surface area (Å²) in [4.78, 5) is 0. The molecule has 0 aromatic heterocycles. The highest BCUT2D eigenvalue weighted by molar-refractivity contribution is 5.51. The minimum Gasteiger partial charge on any atom is -0.302 e. The van der Waals surface area contributed by atoms with E-state index in [4.69, 9.17) is 0 Å². The van der Waals surface area contributed by atoms with Gasteiger partial charge in [0.15, 0.2) is 5.70 Å². The molecule has 0 heterocycles. The number of para-hydroxylation sites is 1. The van der Waals surface area contributed by atoms with Gasteiger partial charge in [-0.2, -0.15) is 0 Å². The fraction of sp³-hybridized carbons (Fsp3) is 0. The van der Waals surface area contributed by atoms with Gasteiger partial charge in [0.05, 0.1) is 11.8 Å². The summed E-state index contributed by atoms with van der Waals surface area (Å²) >= 11 is 0. The van der Waals surface area contributed by atoms with E-state index in [1.807, 2.05) is 54.6 Å². The molecule has 0 unspecified atom stereocenters. The molecule has 0 bridgehead atoms. The van der Waals surface area contributed by atoms with Gasteiger partial charge in [0.1, 0.15) is 12.2 Å². The Morgan fingerprint density at radius 3 is 2.62 bits per heavy atom. The molecule has 0 radical (unpaired) electrons. The lowest BCUT2D eigenvalue weighted by Gasteiger charge is -2.00. The average Bonchev–Trinajstić information content (AvgIpc) is 2.21. The first-order valence-corrected chi connectivity index (χ1v) is 4.23. The second kappa shape index (κ2) is 3.70. The highest BCUT2D eigenvalue weighted by atomic mass is 14.9. The molecular formula is C12H10N+. The van der Waals surface area contributed by atoms with Gasteiger partial charge in [0.25, 0.3) is 0 Å². The first-order chi connectivity index (χ1) is 6.45. The standard InChI is InChI=1S/C12H10N/c1-3-7-11(8-4-1)13-12-9-5-2-6-10-12/h1-5,7-10,13H/q+1. The second-order valence-corrected chi connectivity index (χ2v) is 2.78. The third kappa shape index (κ3) is 2.05. The molecular weight excluding hydrogens is 158 g/mol. The molecule has 1 aliphatic carbocycles. The van der Waals surface area contributed by atoms with Gasteiger partial charge in [0.2, 0.25) is 0 Å². The van der Waals surface area contributed by atoms with E-state index in [9.17, 15) is 0 Å². The van der Waals surface area contributed by atoms with E-state index >= 15 is 0 Å². The zero-order valence-electron chi connectivity index (χ0n) is 7.20. The van der Waals surface area contributed by atoms with E-state index in [2.05, 4.69) is 11.4 Å². The van der Waals surface area contributed by atoms with Crippen LogP contribution in [-0.2, 0) is 0 Å². The van der Waals surface area contributed by atoms with Crippen LogP contribution in [-0.4, -0.2) is 0 Å². The van der Waals surface area contributed by atoms with Gasteiger partial charge in [-0.1, -0.05) is 18.2 Å². The Morgan fingerprint density at radius 1 is 1.08 bits per heavy atom. The van der Waals surface area contributed by atoms with Gasteiger partial charge in [0, 0.05) is 12.2 Å². The van der Waals surface area contributed by atoms with Crippen LogP contribution in [0.1, 0.15) is 0 Å². The normalized spacial score (nSPS) is 13.4. The zero-order chi connectivity index (χ0) is 8.93. The maximum Gasteiger partial charge on any atom is 0.151 e. The van der Waals surface area contributed by atoms with Crippen LogP contribution < -0.4 is 5.32 Å². The number of rotatable bonds is 2. The molecule has 0 saturated heterocycles. The van der Waals surface area contributed by atoms with Crippen molar-refractivity contribution in [1.29, 1.82) is 0 Å². The minimum atomic E-state index is 1.06. The average molecular weight is 168 g/mol. The van der Waals surface area contributed by atoms with Crippen molar-refractivity contribution in [3.05, 3.63) is 66.4 Å². The summed E-state index contributed by atoms with van der Waals surface area (Å²) in [6, 6.07) is 10.1. The van der Waals surface area contributed by atoms with Crippen molar-refractivity contribution < 1.29 is 0 Å². The molecule has 13 heavy (non-hydrogen) atoms. The van der Waals surface area contributed by atoms with Gasteiger partial charge in [-0.05, 0) is 12.1 Å². The van der Waals surface area contributed by atoms with E-state index in [1.54, 1.807) is 0 Å². The number of hydrogen-bond acceptors (Lipinski definition) is 1. The third-order valence-corrected chi connectivity index (χ3v) is 1.77. The van der Waals surface area contributed by atoms with Gasteiger partial charge in [-0.25, -0.2) is 0 Å². The minimum absolute atomic E-state index is 1.06. The second-order valence-electron chi connectivity index (χ2n) is 2.78. The van der Waals surface area contributed by atoms with Crippen molar-refractivity contribution in [3.8, 4) is 0 Å². The van der Waals surface area contributed by atoms with Crippen molar-refractivity contribution in [3.63, 3.8) is 0 Å². The summed E-state index contributed by atoms with van der Waals surface area (Å²) in [5.41, 5.74) is 2.16. The predicted octanol–water partition coefficient (Wildman–Crippen LogP) is 2.91. The third-order valence-electron chi connectivity index (χ3n) is 1.77. The van der Waals surface area contributed by atoms with Gasteiger partial charge in [-0.15, -0.1) is 0 Å². The molecule has 0 saturated carbocycles. The van der Waals surface area contributed by atoms with E-state index < -0.39 is 0 Å². The quantitative estimate of drug-likeness (QED) is 0.669. The molecule has 0 atom stereocenters. The lowest BCUT2D eigenvalue weighted by atomic mass is 10.2. The summed E-state index contributed by atoms with van der Waals surface area (Å²) < 4.78 is 0. The lowest BCUT2D eigenvalue weighted by molar-refractivity contribution is 1.45. The maximum absolute atomic E-state index is 3.27.